The Labute approximate surface area is 50.6 Å². The maximum atomic E-state index is 9.91. The van der Waals surface area contributed by atoms with Crippen LogP contribution < -0.4 is 0 Å². The van der Waals surface area contributed by atoms with E-state index >= 15 is 0 Å². The summed E-state index contributed by atoms with van der Waals surface area (Å²) in [4.78, 5) is 18.8. The summed E-state index contributed by atoms with van der Waals surface area (Å²) < 4.78 is 0. The van der Waals surface area contributed by atoms with Crippen molar-refractivity contribution < 1.29 is 9.72 Å². The fourth-order valence-electron chi connectivity index (χ4n) is 0.0829. The van der Waals surface area contributed by atoms with Gasteiger partial charge in [0.15, 0.2) is 0 Å². The number of nitrogens with zero attached hydrogens (tertiary/aromatic N) is 1. The Balaban J connectivity index is 3.83. The molecule has 0 aliphatic heterocycles. The van der Waals surface area contributed by atoms with E-state index in [2.05, 4.69) is 0 Å². The third-order valence-electron chi connectivity index (χ3n) is 0.645. The second kappa shape index (κ2) is 2.61. The summed E-state index contributed by atoms with van der Waals surface area (Å²) in [7, 11) is 0. The van der Waals surface area contributed by atoms with Gasteiger partial charge in [0.05, 0.1) is 0 Å². The molecule has 0 aliphatic rings. The highest BCUT2D eigenvalue weighted by Crippen LogP contribution is 1.92. The molecule has 46 valence electrons. The fraction of sp³-hybridized carbons (Fsp3) is 0.667. The lowest BCUT2D eigenvalue weighted by atomic mass is 10.4. The molecule has 0 bridgehead atoms. The highest BCUT2D eigenvalue weighted by Gasteiger charge is 2.19. The van der Waals surface area contributed by atoms with E-state index in [0.29, 0.717) is 0 Å². The minimum atomic E-state index is -1.28. The second-order valence-corrected chi connectivity index (χ2v) is 1.64. The van der Waals surface area contributed by atoms with Crippen LogP contribution in [0.5, 0.6) is 0 Å². The largest absolute Gasteiger partial charge is 0.295 e. The predicted molar refractivity (Wildman–Crippen MR) is 27.3 cm³/mol. The van der Waals surface area contributed by atoms with Gasteiger partial charge in [-0.05, 0) is 11.6 Å². The van der Waals surface area contributed by atoms with Gasteiger partial charge in [0.25, 0.3) is 11.3 Å². The Bertz CT molecular complexity index is 110. The van der Waals surface area contributed by atoms with Crippen molar-refractivity contribution in [1.29, 1.82) is 0 Å². The Kier molecular flexibility index (Phi) is 2.41. The van der Waals surface area contributed by atoms with Crippen LogP contribution in [0.3, 0.4) is 0 Å². The van der Waals surface area contributed by atoms with Gasteiger partial charge in [0.2, 0.25) is 0 Å². The van der Waals surface area contributed by atoms with Gasteiger partial charge in [-0.2, -0.15) is 0 Å². The van der Waals surface area contributed by atoms with Crippen molar-refractivity contribution >= 4 is 16.8 Å². The first kappa shape index (κ1) is 7.36. The molecule has 0 N–H and O–H groups in total. The van der Waals surface area contributed by atoms with Gasteiger partial charge in [-0.1, -0.05) is 0 Å². The van der Waals surface area contributed by atoms with Gasteiger partial charge in [-0.15, -0.1) is 0 Å². The van der Waals surface area contributed by atoms with E-state index in [4.69, 9.17) is 11.6 Å². The summed E-state index contributed by atoms with van der Waals surface area (Å²) in [5.74, 6) is 0. The van der Waals surface area contributed by atoms with Crippen LogP contribution in [0.2, 0.25) is 0 Å². The van der Waals surface area contributed by atoms with Crippen LogP contribution in [-0.2, 0) is 4.79 Å². The number of hydrogen-bond donors (Lipinski definition) is 0. The lowest BCUT2D eigenvalue weighted by Crippen LogP contribution is -2.21. The van der Waals surface area contributed by atoms with Gasteiger partial charge < -0.3 is 0 Å². The highest BCUT2D eigenvalue weighted by molar-refractivity contribution is 6.64. The molecule has 0 spiro atoms. The van der Waals surface area contributed by atoms with E-state index < -0.39 is 16.2 Å². The molecule has 0 unspecified atom stereocenters. The number of nitro groups is 1. The normalized spacial score (nSPS) is 12.8. The Hall–Kier alpha value is -0.640. The SMILES string of the molecule is C[C@H](C(=O)Cl)[N+](=O)[O-]. The molecule has 4 nitrogen and oxygen atoms in total. The number of rotatable bonds is 2. The average Bonchev–Trinajstić information content (AvgIpc) is 1.64. The van der Waals surface area contributed by atoms with E-state index in [0.717, 1.165) is 6.92 Å². The smallest absolute Gasteiger partial charge is 0.273 e. The van der Waals surface area contributed by atoms with E-state index in [1.165, 1.54) is 0 Å². The maximum Gasteiger partial charge on any atom is 0.295 e. The van der Waals surface area contributed by atoms with Crippen LogP contribution in [0.25, 0.3) is 0 Å². The minimum absolute atomic E-state index is 0.741. The first-order valence-electron chi connectivity index (χ1n) is 1.88. The third kappa shape index (κ3) is 1.88. The fourth-order valence-corrected chi connectivity index (χ4v) is 0.163. The van der Waals surface area contributed by atoms with E-state index in [-0.39, 0.29) is 0 Å². The molecular weight excluding hydrogens is 133 g/mol. The average molecular weight is 138 g/mol. The summed E-state index contributed by atoms with van der Waals surface area (Å²) in [6.45, 7) is 1.13. The molecule has 0 aromatic carbocycles. The number of hydrogen-bond acceptors (Lipinski definition) is 3. The van der Waals surface area contributed by atoms with Crippen molar-refractivity contribution in [3.8, 4) is 0 Å². The van der Waals surface area contributed by atoms with Gasteiger partial charge in [0.1, 0.15) is 0 Å². The zero-order valence-electron chi connectivity index (χ0n) is 4.13. The standard InChI is InChI=1S/C3H4ClNO3/c1-2(3(4)6)5(7)8/h2H,1H3/t2-/m1/s1. The van der Waals surface area contributed by atoms with Crippen LogP contribution in [0, 0.1) is 10.1 Å². The van der Waals surface area contributed by atoms with Gasteiger partial charge in [0, 0.05) is 11.8 Å². The molecule has 0 fully saturated rings. The Morgan fingerprint density at radius 2 is 2.25 bits per heavy atom. The Morgan fingerprint density at radius 3 is 2.25 bits per heavy atom. The first-order chi connectivity index (χ1) is 3.55. The summed E-state index contributed by atoms with van der Waals surface area (Å²) in [5, 5.41) is 8.71. The van der Waals surface area contributed by atoms with Crippen molar-refractivity contribution in [2.45, 2.75) is 13.0 Å². The maximum absolute atomic E-state index is 9.91. The molecule has 8 heavy (non-hydrogen) atoms. The second-order valence-electron chi connectivity index (χ2n) is 1.27. The van der Waals surface area contributed by atoms with E-state index in [1.807, 2.05) is 0 Å². The molecule has 1 atom stereocenters. The van der Waals surface area contributed by atoms with Crippen molar-refractivity contribution in [1.82, 2.24) is 0 Å². The monoisotopic (exact) mass is 137 g/mol. The molecule has 0 aromatic rings. The summed E-state index contributed by atoms with van der Waals surface area (Å²) >= 11 is 4.74. The van der Waals surface area contributed by atoms with Crippen LogP contribution in [0.1, 0.15) is 6.92 Å². The van der Waals surface area contributed by atoms with Crippen LogP contribution >= 0.6 is 11.6 Å². The highest BCUT2D eigenvalue weighted by atomic mass is 35.5. The molecule has 0 heterocycles. The molecule has 0 saturated carbocycles. The third-order valence-corrected chi connectivity index (χ3v) is 0.960. The van der Waals surface area contributed by atoms with Crippen molar-refractivity contribution in [2.24, 2.45) is 0 Å². The summed E-state index contributed by atoms with van der Waals surface area (Å²) in [6.07, 6.45) is 0. The number of halogens is 1. The molecule has 0 saturated heterocycles. The lowest BCUT2D eigenvalue weighted by Gasteiger charge is -1.92. The minimum Gasteiger partial charge on any atom is -0.273 e. The molecule has 5 heteroatoms. The Morgan fingerprint density at radius 1 is 1.88 bits per heavy atom. The number of carbonyl (C=O) groups excluding carboxylic acids is 1. The van der Waals surface area contributed by atoms with Gasteiger partial charge in [-0.3, -0.25) is 14.9 Å². The van der Waals surface area contributed by atoms with Crippen LogP contribution in [0.15, 0.2) is 0 Å². The quantitative estimate of drug-likeness (QED) is 0.315. The van der Waals surface area contributed by atoms with Gasteiger partial charge >= 0.3 is 0 Å². The summed E-state index contributed by atoms with van der Waals surface area (Å²) in [6, 6.07) is -1.28. The molecule has 0 aliphatic carbocycles. The lowest BCUT2D eigenvalue weighted by molar-refractivity contribution is -0.501. The van der Waals surface area contributed by atoms with Gasteiger partial charge in [-0.25, -0.2) is 0 Å². The van der Waals surface area contributed by atoms with Crippen molar-refractivity contribution in [3.63, 3.8) is 0 Å². The van der Waals surface area contributed by atoms with Crippen molar-refractivity contribution in [2.75, 3.05) is 0 Å². The topological polar surface area (TPSA) is 60.2 Å². The zero-order valence-corrected chi connectivity index (χ0v) is 4.88. The predicted octanol–water partition coefficient (Wildman–Crippen LogP) is 0.417. The molecular formula is C3H4ClNO3. The van der Waals surface area contributed by atoms with E-state index in [1.54, 1.807) is 0 Å². The van der Waals surface area contributed by atoms with Crippen LogP contribution in [0.4, 0.5) is 0 Å². The molecule has 0 radical (unpaired) electrons. The molecule has 0 aromatic heterocycles. The first-order valence-corrected chi connectivity index (χ1v) is 2.26. The number of carbonyl (C=O) groups is 1. The van der Waals surface area contributed by atoms with Crippen LogP contribution in [-0.4, -0.2) is 16.2 Å². The van der Waals surface area contributed by atoms with E-state index in [9.17, 15) is 14.9 Å². The zero-order chi connectivity index (χ0) is 6.73. The van der Waals surface area contributed by atoms with Crippen molar-refractivity contribution in [3.05, 3.63) is 10.1 Å². The molecule has 0 amide bonds. The molecule has 0 rings (SSSR count). The summed E-state index contributed by atoms with van der Waals surface area (Å²) in [5.41, 5.74) is 0.